The third kappa shape index (κ3) is 6.37. The normalized spacial score (nSPS) is 11.4. The first-order valence-corrected chi connectivity index (χ1v) is 5.77. The second-order valence-electron chi connectivity index (χ2n) is 2.50. The molecule has 3 nitrogen and oxygen atoms in total. The van der Waals surface area contributed by atoms with Crippen LogP contribution in [0.15, 0.2) is 12.0 Å². The fraction of sp³-hybridized carbons (Fsp3) is 0.750. The average molecular weight is 192 g/mol. The summed E-state index contributed by atoms with van der Waals surface area (Å²) in [4.78, 5) is 0. The Hall–Kier alpha value is -0.350. The van der Waals surface area contributed by atoms with Gasteiger partial charge >= 0.3 is 0 Å². The summed E-state index contributed by atoms with van der Waals surface area (Å²) in [6, 6.07) is 0. The largest absolute Gasteiger partial charge is 0.380 e. The van der Waals surface area contributed by atoms with Crippen molar-refractivity contribution in [2.75, 3.05) is 19.0 Å². The van der Waals surface area contributed by atoms with Crippen molar-refractivity contribution in [2.24, 2.45) is 0 Å². The second-order valence-corrected chi connectivity index (χ2v) is 4.57. The summed E-state index contributed by atoms with van der Waals surface area (Å²) in [5, 5.41) is 0.968. The highest BCUT2D eigenvalue weighted by Crippen LogP contribution is 1.92. The summed E-state index contributed by atoms with van der Waals surface area (Å²) < 4.78 is 26.8. The highest BCUT2D eigenvalue weighted by atomic mass is 32.2. The monoisotopic (exact) mass is 192 g/mol. The van der Waals surface area contributed by atoms with E-state index < -0.39 is 9.84 Å². The SMILES string of the molecule is C=CS(=O)(=O)CCOCCCC. The summed E-state index contributed by atoms with van der Waals surface area (Å²) >= 11 is 0. The van der Waals surface area contributed by atoms with Crippen LogP contribution in [0.25, 0.3) is 0 Å². The third-order valence-corrected chi connectivity index (χ3v) is 2.65. The molecule has 0 radical (unpaired) electrons. The molecule has 0 spiro atoms. The van der Waals surface area contributed by atoms with Gasteiger partial charge < -0.3 is 4.74 Å². The van der Waals surface area contributed by atoms with Crippen molar-refractivity contribution in [2.45, 2.75) is 19.8 Å². The lowest BCUT2D eigenvalue weighted by molar-refractivity contribution is 0.146. The van der Waals surface area contributed by atoms with E-state index in [1.54, 1.807) is 0 Å². The number of rotatable bonds is 7. The Balaban J connectivity index is 3.38. The minimum absolute atomic E-state index is 0.0419. The maximum absolute atomic E-state index is 10.8. The number of sulfone groups is 1. The Morgan fingerprint density at radius 1 is 1.42 bits per heavy atom. The van der Waals surface area contributed by atoms with E-state index in [1.807, 2.05) is 0 Å². The van der Waals surface area contributed by atoms with Gasteiger partial charge in [-0.05, 0) is 6.42 Å². The van der Waals surface area contributed by atoms with Gasteiger partial charge in [0.25, 0.3) is 0 Å². The van der Waals surface area contributed by atoms with Crippen molar-refractivity contribution in [1.82, 2.24) is 0 Å². The van der Waals surface area contributed by atoms with Crippen LogP contribution in [0.3, 0.4) is 0 Å². The maximum Gasteiger partial charge on any atom is 0.173 e. The molecule has 0 saturated heterocycles. The van der Waals surface area contributed by atoms with Crippen LogP contribution in [0.1, 0.15) is 19.8 Å². The van der Waals surface area contributed by atoms with Gasteiger partial charge in [-0.25, -0.2) is 8.42 Å². The smallest absolute Gasteiger partial charge is 0.173 e. The first-order chi connectivity index (χ1) is 5.62. The van der Waals surface area contributed by atoms with Crippen molar-refractivity contribution in [3.05, 3.63) is 12.0 Å². The van der Waals surface area contributed by atoms with E-state index >= 15 is 0 Å². The number of ether oxygens (including phenoxy) is 1. The fourth-order valence-corrected chi connectivity index (χ4v) is 1.12. The molecule has 0 fully saturated rings. The van der Waals surface area contributed by atoms with E-state index in [1.165, 1.54) is 0 Å². The van der Waals surface area contributed by atoms with Crippen LogP contribution >= 0.6 is 0 Å². The lowest BCUT2D eigenvalue weighted by atomic mass is 10.4. The Bertz CT molecular complexity index is 206. The molecule has 0 aromatic rings. The minimum atomic E-state index is -3.07. The van der Waals surface area contributed by atoms with Crippen LogP contribution in [-0.2, 0) is 14.6 Å². The Labute approximate surface area is 74.3 Å². The lowest BCUT2D eigenvalue weighted by Gasteiger charge is -2.01. The van der Waals surface area contributed by atoms with E-state index in [4.69, 9.17) is 4.74 Å². The molecule has 72 valence electrons. The summed E-state index contributed by atoms with van der Waals surface area (Å²) in [5.41, 5.74) is 0. The van der Waals surface area contributed by atoms with Gasteiger partial charge in [0.15, 0.2) is 9.84 Å². The van der Waals surface area contributed by atoms with Crippen molar-refractivity contribution >= 4 is 9.84 Å². The van der Waals surface area contributed by atoms with E-state index in [2.05, 4.69) is 13.5 Å². The standard InChI is InChI=1S/C8H16O3S/c1-3-5-6-11-7-8-12(9,10)4-2/h4H,2-3,5-8H2,1H3. The third-order valence-electron chi connectivity index (χ3n) is 1.41. The first kappa shape index (κ1) is 11.6. The number of hydrogen-bond donors (Lipinski definition) is 0. The molecule has 0 atom stereocenters. The highest BCUT2D eigenvalue weighted by Gasteiger charge is 2.03. The van der Waals surface area contributed by atoms with Crippen molar-refractivity contribution in [3.8, 4) is 0 Å². The molecule has 0 N–H and O–H groups in total. The van der Waals surface area contributed by atoms with Crippen LogP contribution in [0.2, 0.25) is 0 Å². The van der Waals surface area contributed by atoms with Gasteiger partial charge in [0, 0.05) is 12.0 Å². The van der Waals surface area contributed by atoms with Gasteiger partial charge in [0.1, 0.15) is 0 Å². The van der Waals surface area contributed by atoms with Gasteiger partial charge in [-0.15, -0.1) is 0 Å². The molecular weight excluding hydrogens is 176 g/mol. The van der Waals surface area contributed by atoms with Crippen molar-refractivity contribution < 1.29 is 13.2 Å². The van der Waals surface area contributed by atoms with Gasteiger partial charge in [-0.3, -0.25) is 0 Å². The summed E-state index contributed by atoms with van der Waals surface area (Å²) in [7, 11) is -3.07. The van der Waals surface area contributed by atoms with E-state index in [-0.39, 0.29) is 12.4 Å². The van der Waals surface area contributed by atoms with Crippen LogP contribution in [0, 0.1) is 0 Å². The van der Waals surface area contributed by atoms with Crippen molar-refractivity contribution in [3.63, 3.8) is 0 Å². The zero-order valence-corrected chi connectivity index (χ0v) is 8.27. The molecule has 0 aromatic carbocycles. The minimum Gasteiger partial charge on any atom is -0.380 e. The molecule has 0 heterocycles. The number of hydrogen-bond acceptors (Lipinski definition) is 3. The summed E-state index contributed by atoms with van der Waals surface area (Å²) in [5.74, 6) is 0.0419. The van der Waals surface area contributed by atoms with Crippen LogP contribution < -0.4 is 0 Å². The molecule has 0 bridgehead atoms. The molecule has 0 aliphatic carbocycles. The molecule has 0 saturated carbocycles. The molecule has 0 rings (SSSR count). The Kier molecular flexibility index (Phi) is 6.02. The van der Waals surface area contributed by atoms with E-state index in [9.17, 15) is 8.42 Å². The molecular formula is C8H16O3S. The van der Waals surface area contributed by atoms with Gasteiger partial charge in [-0.2, -0.15) is 0 Å². The van der Waals surface area contributed by atoms with Gasteiger partial charge in [0.05, 0.1) is 12.4 Å². The maximum atomic E-state index is 10.8. The second kappa shape index (κ2) is 6.20. The van der Waals surface area contributed by atoms with Crippen LogP contribution in [0.4, 0.5) is 0 Å². The highest BCUT2D eigenvalue weighted by molar-refractivity contribution is 7.94. The first-order valence-electron chi connectivity index (χ1n) is 4.05. The molecule has 0 amide bonds. The molecule has 0 unspecified atom stereocenters. The quantitative estimate of drug-likeness (QED) is 0.572. The topological polar surface area (TPSA) is 43.4 Å². The Morgan fingerprint density at radius 3 is 2.58 bits per heavy atom. The van der Waals surface area contributed by atoms with Gasteiger partial charge in [0.2, 0.25) is 0 Å². The zero-order chi connectivity index (χ0) is 9.45. The van der Waals surface area contributed by atoms with Crippen LogP contribution in [-0.4, -0.2) is 27.4 Å². The van der Waals surface area contributed by atoms with Crippen LogP contribution in [0.5, 0.6) is 0 Å². The number of unbranched alkanes of at least 4 members (excludes halogenated alkanes) is 1. The van der Waals surface area contributed by atoms with Gasteiger partial charge in [-0.1, -0.05) is 19.9 Å². The molecule has 12 heavy (non-hydrogen) atoms. The van der Waals surface area contributed by atoms with E-state index in [0.717, 1.165) is 18.2 Å². The summed E-state index contributed by atoms with van der Waals surface area (Å²) in [6.45, 7) is 6.18. The lowest BCUT2D eigenvalue weighted by Crippen LogP contribution is -2.09. The Morgan fingerprint density at radius 2 is 2.08 bits per heavy atom. The fourth-order valence-electron chi connectivity index (χ4n) is 0.607. The molecule has 4 heteroatoms. The summed E-state index contributed by atoms with van der Waals surface area (Å²) in [6.07, 6.45) is 2.04. The van der Waals surface area contributed by atoms with E-state index in [0.29, 0.717) is 6.61 Å². The molecule has 0 aliphatic rings. The predicted octanol–water partition coefficient (Wildman–Crippen LogP) is 1.36. The molecule has 0 aromatic heterocycles. The zero-order valence-electron chi connectivity index (χ0n) is 7.45. The van der Waals surface area contributed by atoms with Crippen molar-refractivity contribution in [1.29, 1.82) is 0 Å². The molecule has 0 aliphatic heterocycles. The average Bonchev–Trinajstić information content (AvgIpc) is 2.04. The predicted molar refractivity (Wildman–Crippen MR) is 49.7 cm³/mol.